The fourth-order valence-corrected chi connectivity index (χ4v) is 2.91. The number of benzene rings is 2. The van der Waals surface area contributed by atoms with Gasteiger partial charge in [0.2, 0.25) is 5.91 Å². The minimum Gasteiger partial charge on any atom is -0.330 e. The van der Waals surface area contributed by atoms with Gasteiger partial charge in [0.05, 0.1) is 21.8 Å². The molecule has 0 unspecified atom stereocenters. The Balaban J connectivity index is 0.00000261. The number of halogens is 2. The molecule has 1 aromatic heterocycles. The minimum absolute atomic E-state index is 0. The highest BCUT2D eigenvalue weighted by Crippen LogP contribution is 2.30. The number of fused-ring (bicyclic) bond motifs is 1. The van der Waals surface area contributed by atoms with E-state index in [0.29, 0.717) is 34.8 Å². The van der Waals surface area contributed by atoms with Crippen LogP contribution in [-0.2, 0) is 4.79 Å². The number of aromatic nitrogens is 2. The number of H-pyrrole nitrogens is 1. The lowest BCUT2D eigenvalue weighted by Gasteiger charge is -2.10. The first-order valence-corrected chi connectivity index (χ1v) is 8.75. The molecule has 0 fully saturated rings. The second-order valence-electron chi connectivity index (χ2n) is 5.94. The van der Waals surface area contributed by atoms with Crippen LogP contribution in [-0.4, -0.2) is 22.6 Å². The van der Waals surface area contributed by atoms with Crippen LogP contribution >= 0.6 is 24.0 Å². The van der Waals surface area contributed by atoms with E-state index in [0.717, 1.165) is 23.8 Å². The zero-order chi connectivity index (χ0) is 18.5. The standard InChI is InChI=1S/C19H19ClN4O2.ClH/c20-15-9-8-12(11-16(15)22-17(25)7-3-4-10-21)18-13-5-1-2-6-14(13)19(26)24-23-18;/h1-2,5-6,8-9,11H,3-4,7,10,21H2,(H,22,25)(H,24,26);1H. The van der Waals surface area contributed by atoms with Gasteiger partial charge in [0, 0.05) is 17.4 Å². The van der Waals surface area contributed by atoms with E-state index < -0.39 is 0 Å². The number of carbonyl (C=O) groups is 1. The van der Waals surface area contributed by atoms with E-state index in [4.69, 9.17) is 17.3 Å². The summed E-state index contributed by atoms with van der Waals surface area (Å²) in [6.07, 6.45) is 1.91. The van der Waals surface area contributed by atoms with Gasteiger partial charge in [0.25, 0.3) is 5.56 Å². The molecular weight excluding hydrogens is 387 g/mol. The summed E-state index contributed by atoms with van der Waals surface area (Å²) in [4.78, 5) is 24.0. The van der Waals surface area contributed by atoms with Gasteiger partial charge < -0.3 is 11.1 Å². The van der Waals surface area contributed by atoms with Gasteiger partial charge >= 0.3 is 0 Å². The number of hydrogen-bond acceptors (Lipinski definition) is 4. The van der Waals surface area contributed by atoms with Crippen LogP contribution in [0.2, 0.25) is 5.02 Å². The van der Waals surface area contributed by atoms with Crippen molar-refractivity contribution in [3.05, 3.63) is 57.8 Å². The highest BCUT2D eigenvalue weighted by molar-refractivity contribution is 6.33. The lowest BCUT2D eigenvalue weighted by Crippen LogP contribution is -2.12. The fourth-order valence-electron chi connectivity index (χ4n) is 2.75. The van der Waals surface area contributed by atoms with Gasteiger partial charge in [-0.25, -0.2) is 5.10 Å². The molecule has 2 aromatic carbocycles. The molecule has 27 heavy (non-hydrogen) atoms. The predicted octanol–water partition coefficient (Wildman–Crippen LogP) is 3.73. The first-order chi connectivity index (χ1) is 12.6. The molecule has 6 nitrogen and oxygen atoms in total. The number of anilines is 1. The van der Waals surface area contributed by atoms with Crippen LogP contribution in [0.1, 0.15) is 19.3 Å². The number of hydrogen-bond donors (Lipinski definition) is 3. The van der Waals surface area contributed by atoms with Crippen molar-refractivity contribution < 1.29 is 4.79 Å². The number of nitrogens with two attached hydrogens (primary N) is 1. The Morgan fingerprint density at radius 3 is 2.63 bits per heavy atom. The van der Waals surface area contributed by atoms with E-state index in [1.807, 2.05) is 12.1 Å². The van der Waals surface area contributed by atoms with E-state index in [1.165, 1.54) is 0 Å². The van der Waals surface area contributed by atoms with Crippen molar-refractivity contribution in [3.8, 4) is 11.3 Å². The van der Waals surface area contributed by atoms with Gasteiger partial charge in [0.1, 0.15) is 0 Å². The monoisotopic (exact) mass is 406 g/mol. The summed E-state index contributed by atoms with van der Waals surface area (Å²) in [5.74, 6) is -0.114. The Bertz CT molecular complexity index is 1000. The Labute approximate surface area is 167 Å². The van der Waals surface area contributed by atoms with Gasteiger partial charge in [-0.15, -0.1) is 12.4 Å². The maximum Gasteiger partial charge on any atom is 0.272 e. The molecule has 0 saturated carbocycles. The Kier molecular flexibility index (Phi) is 7.36. The van der Waals surface area contributed by atoms with Gasteiger partial charge in [0.15, 0.2) is 0 Å². The van der Waals surface area contributed by atoms with Crippen molar-refractivity contribution in [1.82, 2.24) is 10.2 Å². The number of nitrogens with zero attached hydrogens (tertiary/aromatic N) is 1. The lowest BCUT2D eigenvalue weighted by atomic mass is 10.0. The lowest BCUT2D eigenvalue weighted by molar-refractivity contribution is -0.116. The summed E-state index contributed by atoms with van der Waals surface area (Å²) in [7, 11) is 0. The fraction of sp³-hybridized carbons (Fsp3) is 0.211. The molecule has 0 aliphatic carbocycles. The maximum absolute atomic E-state index is 12.1. The number of unbranched alkanes of at least 4 members (excludes halogenated alkanes) is 1. The molecule has 0 aliphatic heterocycles. The molecule has 142 valence electrons. The van der Waals surface area contributed by atoms with E-state index >= 15 is 0 Å². The molecule has 1 heterocycles. The predicted molar refractivity (Wildman–Crippen MR) is 112 cm³/mol. The van der Waals surface area contributed by atoms with Gasteiger partial charge in [-0.1, -0.05) is 35.9 Å². The molecule has 3 rings (SSSR count). The van der Waals surface area contributed by atoms with E-state index in [-0.39, 0.29) is 23.9 Å². The van der Waals surface area contributed by atoms with Crippen molar-refractivity contribution in [2.24, 2.45) is 5.73 Å². The molecular formula is C19H20Cl2N4O2. The molecule has 8 heteroatoms. The number of carbonyl (C=O) groups excluding carboxylic acids is 1. The Morgan fingerprint density at radius 2 is 1.89 bits per heavy atom. The molecule has 0 saturated heterocycles. The molecule has 0 radical (unpaired) electrons. The third-order valence-electron chi connectivity index (χ3n) is 4.07. The average Bonchev–Trinajstić information content (AvgIpc) is 2.64. The van der Waals surface area contributed by atoms with E-state index in [1.54, 1.807) is 30.3 Å². The number of rotatable bonds is 6. The van der Waals surface area contributed by atoms with E-state index in [9.17, 15) is 9.59 Å². The molecule has 3 aromatic rings. The van der Waals surface area contributed by atoms with E-state index in [2.05, 4.69) is 15.5 Å². The summed E-state index contributed by atoms with van der Waals surface area (Å²) < 4.78 is 0. The highest BCUT2D eigenvalue weighted by atomic mass is 35.5. The SMILES string of the molecule is Cl.NCCCCC(=O)Nc1cc(-c2n[nH]c(=O)c3ccccc23)ccc1Cl. The first kappa shape index (κ1) is 20.9. The van der Waals surface area contributed by atoms with Crippen LogP contribution in [0.5, 0.6) is 0 Å². The van der Waals surface area contributed by atoms with Gasteiger partial charge in [-0.3, -0.25) is 9.59 Å². The maximum atomic E-state index is 12.1. The Morgan fingerprint density at radius 1 is 1.15 bits per heavy atom. The molecule has 1 amide bonds. The molecule has 0 bridgehead atoms. The van der Waals surface area contributed by atoms with Crippen LogP contribution in [0.15, 0.2) is 47.3 Å². The number of aromatic amines is 1. The van der Waals surface area contributed by atoms with Crippen molar-refractivity contribution in [2.75, 3.05) is 11.9 Å². The molecule has 0 atom stereocenters. The topological polar surface area (TPSA) is 101 Å². The van der Waals surface area contributed by atoms with Crippen molar-refractivity contribution in [2.45, 2.75) is 19.3 Å². The second-order valence-corrected chi connectivity index (χ2v) is 6.34. The smallest absolute Gasteiger partial charge is 0.272 e. The summed E-state index contributed by atoms with van der Waals surface area (Å²) in [5, 5.41) is 11.3. The summed E-state index contributed by atoms with van der Waals surface area (Å²) in [6, 6.07) is 12.5. The quantitative estimate of drug-likeness (QED) is 0.542. The van der Waals surface area contributed by atoms with Crippen LogP contribution in [0.25, 0.3) is 22.0 Å². The Hall–Kier alpha value is -2.41. The zero-order valence-electron chi connectivity index (χ0n) is 14.5. The van der Waals surface area contributed by atoms with Crippen LogP contribution in [0.4, 0.5) is 5.69 Å². The summed E-state index contributed by atoms with van der Waals surface area (Å²) in [6.45, 7) is 0.564. The van der Waals surface area contributed by atoms with Crippen LogP contribution in [0, 0.1) is 0 Å². The summed E-state index contributed by atoms with van der Waals surface area (Å²) >= 11 is 6.22. The molecule has 4 N–H and O–H groups in total. The van der Waals surface area contributed by atoms with Gasteiger partial charge in [-0.05, 0) is 37.6 Å². The van der Waals surface area contributed by atoms with Gasteiger partial charge in [-0.2, -0.15) is 5.10 Å². The third kappa shape index (κ3) is 4.86. The molecule has 0 aliphatic rings. The summed E-state index contributed by atoms with van der Waals surface area (Å²) in [5.41, 5.74) is 7.09. The van der Waals surface area contributed by atoms with Crippen LogP contribution in [0.3, 0.4) is 0 Å². The number of nitrogens with one attached hydrogen (secondary N) is 2. The first-order valence-electron chi connectivity index (χ1n) is 8.37. The van der Waals surface area contributed by atoms with Crippen molar-refractivity contribution in [3.63, 3.8) is 0 Å². The highest BCUT2D eigenvalue weighted by Gasteiger charge is 2.12. The van der Waals surface area contributed by atoms with Crippen LogP contribution < -0.4 is 16.6 Å². The minimum atomic E-state index is -0.244. The molecule has 0 spiro atoms. The van der Waals surface area contributed by atoms with Crippen molar-refractivity contribution >= 4 is 46.4 Å². The largest absolute Gasteiger partial charge is 0.330 e. The average molecular weight is 407 g/mol. The normalized spacial score (nSPS) is 10.4. The third-order valence-corrected chi connectivity index (χ3v) is 4.40. The number of amides is 1. The second kappa shape index (κ2) is 9.50. The zero-order valence-corrected chi connectivity index (χ0v) is 16.1. The van der Waals surface area contributed by atoms with Crippen molar-refractivity contribution in [1.29, 1.82) is 0 Å².